The Hall–Kier alpha value is -0.390. The minimum atomic E-state index is -1.17. The molecule has 0 aliphatic carbocycles. The molecular weight excluding hydrogens is 599 g/mol. The largest absolute Gasteiger partial charge is 0.506 e. The maximum absolute atomic E-state index is 10.7. The van der Waals surface area contributed by atoms with Crippen LogP contribution >= 0.6 is 71.6 Å². The smallest absolute Gasteiger partial charge is 0.138 e. The first-order chi connectivity index (χ1) is 11.9. The quantitative estimate of drug-likeness (QED) is 0.363. The third kappa shape index (κ3) is 4.14. The van der Waals surface area contributed by atoms with Crippen molar-refractivity contribution in [3.63, 3.8) is 0 Å². The van der Waals surface area contributed by atoms with Crippen LogP contribution in [0.4, 0.5) is 0 Å². The molecule has 0 spiro atoms. The van der Waals surface area contributed by atoms with Crippen molar-refractivity contribution in [3.05, 3.63) is 72.5 Å². The van der Waals surface area contributed by atoms with Crippen LogP contribution in [0.2, 0.25) is 0 Å². The van der Waals surface area contributed by atoms with Gasteiger partial charge in [0.1, 0.15) is 11.5 Å². The van der Waals surface area contributed by atoms with E-state index in [-0.39, 0.29) is 11.5 Å². The van der Waals surface area contributed by atoms with Crippen LogP contribution in [0.15, 0.2) is 72.5 Å². The summed E-state index contributed by atoms with van der Waals surface area (Å²) in [5.74, 6) is 0.349. The van der Waals surface area contributed by atoms with Gasteiger partial charge < -0.3 is 10.2 Å². The summed E-state index contributed by atoms with van der Waals surface area (Å²) in [6, 6.07) is 17.3. The molecule has 0 aromatic heterocycles. The van der Waals surface area contributed by atoms with Crippen LogP contribution in [-0.2, 0) is 0 Å². The highest BCUT2D eigenvalue weighted by molar-refractivity contribution is 9.11. The van der Waals surface area contributed by atoms with Crippen molar-refractivity contribution in [2.45, 2.75) is 0 Å². The molecule has 2 nitrogen and oxygen atoms in total. The predicted molar refractivity (Wildman–Crippen MR) is 119 cm³/mol. The van der Waals surface area contributed by atoms with E-state index in [2.05, 4.69) is 63.7 Å². The summed E-state index contributed by atoms with van der Waals surface area (Å²) in [5.41, 5.74) is 0. The number of hydrogen-bond acceptors (Lipinski definition) is 2. The Kier molecular flexibility index (Phi) is 6.27. The van der Waals surface area contributed by atoms with E-state index in [1.807, 2.05) is 42.5 Å². The van der Waals surface area contributed by atoms with E-state index in [4.69, 9.17) is 0 Å². The molecule has 25 heavy (non-hydrogen) atoms. The number of benzene rings is 3. The third-order valence-corrected chi connectivity index (χ3v) is 8.10. The summed E-state index contributed by atoms with van der Waals surface area (Å²) in [4.78, 5) is 0. The minimum absolute atomic E-state index is 0.175. The van der Waals surface area contributed by atoms with Crippen molar-refractivity contribution in [3.8, 4) is 11.5 Å². The number of phenols is 2. The fourth-order valence-electron chi connectivity index (χ4n) is 2.43. The van der Waals surface area contributed by atoms with E-state index >= 15 is 0 Å². The Morgan fingerprint density at radius 2 is 1.08 bits per heavy atom. The van der Waals surface area contributed by atoms with E-state index in [0.29, 0.717) is 8.95 Å². The minimum Gasteiger partial charge on any atom is -0.506 e. The molecule has 0 amide bonds. The zero-order chi connectivity index (χ0) is 18.1. The van der Waals surface area contributed by atoms with Gasteiger partial charge in [-0.2, -0.15) is 0 Å². The Balaban J connectivity index is 2.34. The highest BCUT2D eigenvalue weighted by atomic mass is 79.9. The van der Waals surface area contributed by atoms with Crippen molar-refractivity contribution in [1.29, 1.82) is 0 Å². The lowest BCUT2D eigenvalue weighted by Crippen LogP contribution is -2.22. The fourth-order valence-corrected chi connectivity index (χ4v) is 8.03. The van der Waals surface area contributed by atoms with Crippen molar-refractivity contribution in [2.24, 2.45) is 0 Å². The topological polar surface area (TPSA) is 40.5 Å². The molecule has 0 aliphatic heterocycles. The van der Waals surface area contributed by atoms with E-state index in [1.165, 1.54) is 0 Å². The van der Waals surface area contributed by atoms with Gasteiger partial charge >= 0.3 is 0 Å². The number of aromatic hydroxyl groups is 2. The van der Waals surface area contributed by atoms with Gasteiger partial charge in [-0.1, -0.05) is 62.2 Å². The van der Waals surface area contributed by atoms with Crippen molar-refractivity contribution < 1.29 is 10.2 Å². The molecule has 3 aromatic rings. The van der Waals surface area contributed by atoms with Crippen LogP contribution < -0.4 is 15.9 Å². The number of phenolic OH excluding ortho intramolecular Hbond substituents is 2. The molecule has 0 aliphatic rings. The van der Waals surface area contributed by atoms with Crippen molar-refractivity contribution in [1.82, 2.24) is 0 Å². The standard InChI is InChI=1S/C18H11Br4O2P/c19-10-6-13(21)17(23)15(8-10)25(12-4-2-1-3-5-12)16-9-11(20)7-14(22)18(16)24/h1-9,23-24H. The first-order valence-corrected chi connectivity index (χ1v) is 11.6. The van der Waals surface area contributed by atoms with E-state index in [1.54, 1.807) is 12.1 Å². The number of halogens is 4. The van der Waals surface area contributed by atoms with Crippen LogP contribution in [-0.4, -0.2) is 10.2 Å². The van der Waals surface area contributed by atoms with Crippen LogP contribution in [0.5, 0.6) is 11.5 Å². The normalized spacial score (nSPS) is 11.1. The maximum atomic E-state index is 10.7. The molecule has 0 bridgehead atoms. The Labute approximate surface area is 180 Å². The second kappa shape index (κ2) is 8.10. The van der Waals surface area contributed by atoms with Gasteiger partial charge in [0.2, 0.25) is 0 Å². The van der Waals surface area contributed by atoms with Gasteiger partial charge in [-0.25, -0.2) is 0 Å². The summed E-state index contributed by atoms with van der Waals surface area (Å²) < 4.78 is 2.91. The second-order valence-electron chi connectivity index (χ2n) is 5.18. The summed E-state index contributed by atoms with van der Waals surface area (Å²) in [6.07, 6.45) is 0. The van der Waals surface area contributed by atoms with E-state index in [9.17, 15) is 10.2 Å². The van der Waals surface area contributed by atoms with Crippen LogP contribution in [0, 0.1) is 0 Å². The highest BCUT2D eigenvalue weighted by Gasteiger charge is 2.25. The number of rotatable bonds is 3. The molecule has 0 radical (unpaired) electrons. The molecule has 128 valence electrons. The summed E-state index contributed by atoms with van der Waals surface area (Å²) in [5, 5.41) is 23.9. The molecule has 0 atom stereocenters. The molecule has 0 saturated carbocycles. The van der Waals surface area contributed by atoms with Crippen molar-refractivity contribution >= 4 is 87.6 Å². The molecule has 0 unspecified atom stereocenters. The zero-order valence-electron chi connectivity index (χ0n) is 12.5. The summed E-state index contributed by atoms with van der Waals surface area (Å²) in [6.45, 7) is 0. The molecule has 0 saturated heterocycles. The molecular formula is C18H11Br4O2P. The van der Waals surface area contributed by atoms with Crippen LogP contribution in [0.3, 0.4) is 0 Å². The SMILES string of the molecule is Oc1c(Br)cc(Br)cc1P(c1ccccc1)c1cc(Br)cc(Br)c1O. The third-order valence-electron chi connectivity index (χ3n) is 3.51. The van der Waals surface area contributed by atoms with Crippen LogP contribution in [0.1, 0.15) is 0 Å². The van der Waals surface area contributed by atoms with Gasteiger partial charge in [-0.3, -0.25) is 0 Å². The Morgan fingerprint density at radius 1 is 0.640 bits per heavy atom. The first-order valence-electron chi connectivity index (χ1n) is 7.09. The molecule has 3 rings (SSSR count). The second-order valence-corrected chi connectivity index (χ2v) is 10.9. The Morgan fingerprint density at radius 3 is 1.52 bits per heavy atom. The Bertz CT molecular complexity index is 875. The monoisotopic (exact) mass is 606 g/mol. The fraction of sp³-hybridized carbons (Fsp3) is 0. The van der Waals surface area contributed by atoms with Crippen molar-refractivity contribution in [2.75, 3.05) is 0 Å². The molecule has 7 heteroatoms. The summed E-state index contributed by atoms with van der Waals surface area (Å²) in [7, 11) is -1.17. The maximum Gasteiger partial charge on any atom is 0.138 e. The lowest BCUT2D eigenvalue weighted by atomic mass is 10.3. The molecule has 2 N–H and O–H groups in total. The lowest BCUT2D eigenvalue weighted by Gasteiger charge is -2.22. The number of hydrogen-bond donors (Lipinski definition) is 2. The average Bonchev–Trinajstić information content (AvgIpc) is 2.57. The molecule has 0 fully saturated rings. The molecule has 0 heterocycles. The van der Waals surface area contributed by atoms with Gasteiger partial charge in [0.25, 0.3) is 0 Å². The lowest BCUT2D eigenvalue weighted by molar-refractivity contribution is 0.475. The van der Waals surface area contributed by atoms with Gasteiger partial charge in [0.15, 0.2) is 0 Å². The first kappa shape index (κ1) is 19.4. The average molecular weight is 610 g/mol. The highest BCUT2D eigenvalue weighted by Crippen LogP contribution is 2.44. The summed E-state index contributed by atoms with van der Waals surface area (Å²) >= 11 is 13.8. The van der Waals surface area contributed by atoms with Gasteiger partial charge in [0, 0.05) is 19.6 Å². The zero-order valence-corrected chi connectivity index (χ0v) is 19.8. The van der Waals surface area contributed by atoms with Gasteiger partial charge in [-0.15, -0.1) is 0 Å². The van der Waals surface area contributed by atoms with E-state index in [0.717, 1.165) is 24.9 Å². The predicted octanol–water partition coefficient (Wildman–Crippen LogP) is 5.91. The van der Waals surface area contributed by atoms with Crippen LogP contribution in [0.25, 0.3) is 0 Å². The molecule has 3 aromatic carbocycles. The van der Waals surface area contributed by atoms with E-state index < -0.39 is 7.92 Å². The van der Waals surface area contributed by atoms with Gasteiger partial charge in [-0.05, 0) is 69.4 Å². The van der Waals surface area contributed by atoms with Gasteiger partial charge in [0.05, 0.1) is 8.95 Å².